The zero-order valence-electron chi connectivity index (χ0n) is 15.4. The second-order valence-corrected chi connectivity index (χ2v) is 5.85. The molecule has 0 radical (unpaired) electrons. The Balaban J connectivity index is 0.000000313. The summed E-state index contributed by atoms with van der Waals surface area (Å²) in [6, 6.07) is 16.6. The van der Waals surface area contributed by atoms with Crippen molar-refractivity contribution in [1.82, 2.24) is 10.3 Å². The molecule has 0 unspecified atom stereocenters. The van der Waals surface area contributed by atoms with Crippen molar-refractivity contribution in [2.24, 2.45) is 0 Å². The number of aromatic hydroxyl groups is 1. The van der Waals surface area contributed by atoms with Gasteiger partial charge in [-0.05, 0) is 41.5 Å². The highest BCUT2D eigenvalue weighted by atomic mass is 16.4. The monoisotopic (exact) mass is 395 g/mol. The van der Waals surface area contributed by atoms with Crippen molar-refractivity contribution in [2.45, 2.75) is 13.2 Å². The van der Waals surface area contributed by atoms with Crippen LogP contribution < -0.4 is 10.6 Å². The molecule has 0 fully saturated rings. The molecule has 0 aliphatic carbocycles. The molecule has 0 aliphatic rings. The number of pyridine rings is 1. The van der Waals surface area contributed by atoms with Gasteiger partial charge < -0.3 is 26.0 Å². The fraction of sp³-hybridized carbons (Fsp3) is 0.0952. The molecule has 1 heterocycles. The van der Waals surface area contributed by atoms with Gasteiger partial charge in [-0.25, -0.2) is 4.79 Å². The largest absolute Gasteiger partial charge is 0.507 e. The van der Waals surface area contributed by atoms with Gasteiger partial charge in [0, 0.05) is 24.6 Å². The number of para-hydroxylation sites is 1. The number of hydrogen-bond acceptors (Lipinski definition) is 5. The van der Waals surface area contributed by atoms with Crippen molar-refractivity contribution in [2.75, 3.05) is 5.32 Å². The lowest BCUT2D eigenvalue weighted by atomic mass is 10.1. The number of benzene rings is 2. The Hall–Kier alpha value is -3.91. The number of aromatic nitrogens is 1. The summed E-state index contributed by atoms with van der Waals surface area (Å²) in [5.74, 6) is -0.498. The van der Waals surface area contributed by atoms with E-state index >= 15 is 0 Å². The first-order chi connectivity index (χ1) is 14.0. The molecule has 2 aromatic carbocycles. The summed E-state index contributed by atoms with van der Waals surface area (Å²) < 4.78 is 0. The van der Waals surface area contributed by atoms with Crippen LogP contribution in [0.1, 0.15) is 21.5 Å². The van der Waals surface area contributed by atoms with Gasteiger partial charge in [0.25, 0.3) is 5.91 Å². The van der Waals surface area contributed by atoms with Crippen LogP contribution in [-0.2, 0) is 13.2 Å². The van der Waals surface area contributed by atoms with E-state index in [1.165, 1.54) is 12.1 Å². The molecule has 0 aliphatic heterocycles. The predicted molar refractivity (Wildman–Crippen MR) is 108 cm³/mol. The minimum atomic E-state index is -1.09. The van der Waals surface area contributed by atoms with Crippen LogP contribution >= 0.6 is 0 Å². The third-order valence-electron chi connectivity index (χ3n) is 3.71. The Labute approximate surface area is 167 Å². The van der Waals surface area contributed by atoms with E-state index in [4.69, 9.17) is 10.2 Å². The summed E-state index contributed by atoms with van der Waals surface area (Å²) >= 11 is 0. The SMILES string of the molecule is O=C(O)NCc1ccc(NC(=O)c2ccccc2O)cc1.OCc1cccnc1. The molecule has 0 saturated heterocycles. The number of aliphatic hydroxyl groups is 1. The van der Waals surface area contributed by atoms with Gasteiger partial charge in [-0.1, -0.05) is 30.3 Å². The van der Waals surface area contributed by atoms with E-state index in [1.54, 1.807) is 54.9 Å². The number of hydrogen-bond donors (Lipinski definition) is 5. The van der Waals surface area contributed by atoms with Gasteiger partial charge in [-0.2, -0.15) is 0 Å². The van der Waals surface area contributed by atoms with Gasteiger partial charge in [-0.3, -0.25) is 9.78 Å². The van der Waals surface area contributed by atoms with Gasteiger partial charge in [-0.15, -0.1) is 0 Å². The molecular weight excluding hydrogens is 374 g/mol. The van der Waals surface area contributed by atoms with E-state index in [0.717, 1.165) is 11.1 Å². The first-order valence-corrected chi connectivity index (χ1v) is 8.64. The Morgan fingerprint density at radius 1 is 0.931 bits per heavy atom. The highest BCUT2D eigenvalue weighted by molar-refractivity contribution is 6.06. The first kappa shape index (κ1) is 21.4. The minimum absolute atomic E-state index is 0.0772. The van der Waals surface area contributed by atoms with Crippen molar-refractivity contribution in [3.63, 3.8) is 0 Å². The maximum atomic E-state index is 12.0. The number of amides is 2. The summed E-state index contributed by atoms with van der Waals surface area (Å²) in [7, 11) is 0. The summed E-state index contributed by atoms with van der Waals surface area (Å²) in [5, 5.41) is 31.5. The molecule has 3 rings (SSSR count). The van der Waals surface area contributed by atoms with Crippen molar-refractivity contribution < 1.29 is 24.9 Å². The molecule has 8 nitrogen and oxygen atoms in total. The summed E-state index contributed by atoms with van der Waals surface area (Å²) in [4.78, 5) is 26.2. The molecule has 8 heteroatoms. The second kappa shape index (κ2) is 11.1. The predicted octanol–water partition coefficient (Wildman–Crippen LogP) is 2.99. The number of anilines is 1. The van der Waals surface area contributed by atoms with Crippen LogP contribution in [-0.4, -0.2) is 32.3 Å². The average molecular weight is 395 g/mol. The van der Waals surface area contributed by atoms with Crippen LogP contribution in [0.4, 0.5) is 10.5 Å². The van der Waals surface area contributed by atoms with Crippen molar-refractivity contribution >= 4 is 17.7 Å². The number of carbonyl (C=O) groups is 2. The number of rotatable bonds is 5. The van der Waals surface area contributed by atoms with Gasteiger partial charge in [0.05, 0.1) is 12.2 Å². The lowest BCUT2D eigenvalue weighted by molar-refractivity contribution is 0.102. The number of phenolic OH excluding ortho intramolecular Hbond substituents is 1. The van der Waals surface area contributed by atoms with E-state index in [1.807, 2.05) is 6.07 Å². The molecule has 150 valence electrons. The Morgan fingerprint density at radius 2 is 1.66 bits per heavy atom. The lowest BCUT2D eigenvalue weighted by Crippen LogP contribution is -2.19. The standard InChI is InChI=1S/C15H14N2O4.C6H7NO/c18-13-4-2-1-3-12(13)14(19)17-11-7-5-10(6-8-11)9-16-15(20)21;8-5-6-2-1-3-7-4-6/h1-8,16,18H,9H2,(H,17,19)(H,20,21);1-4,8H,5H2. The minimum Gasteiger partial charge on any atom is -0.507 e. The number of carboxylic acid groups (broad SMARTS) is 1. The molecule has 2 amide bonds. The number of aliphatic hydroxyl groups excluding tert-OH is 1. The Kier molecular flexibility index (Phi) is 8.15. The number of carbonyl (C=O) groups excluding carboxylic acids is 1. The van der Waals surface area contributed by atoms with Crippen LogP contribution in [0, 0.1) is 0 Å². The van der Waals surface area contributed by atoms with E-state index in [-0.39, 0.29) is 24.5 Å². The molecule has 3 aromatic rings. The molecule has 0 atom stereocenters. The van der Waals surface area contributed by atoms with E-state index in [2.05, 4.69) is 15.6 Å². The zero-order chi connectivity index (χ0) is 21.1. The van der Waals surface area contributed by atoms with E-state index in [0.29, 0.717) is 5.69 Å². The van der Waals surface area contributed by atoms with Gasteiger partial charge in [0.15, 0.2) is 0 Å². The van der Waals surface area contributed by atoms with Crippen LogP contribution in [0.3, 0.4) is 0 Å². The van der Waals surface area contributed by atoms with Gasteiger partial charge in [0.1, 0.15) is 5.75 Å². The summed E-state index contributed by atoms with van der Waals surface area (Å²) in [6.45, 7) is 0.275. The molecule has 0 saturated carbocycles. The number of nitrogens with zero attached hydrogens (tertiary/aromatic N) is 1. The molecule has 0 bridgehead atoms. The maximum Gasteiger partial charge on any atom is 0.404 e. The topological polar surface area (TPSA) is 132 Å². The molecule has 1 aromatic heterocycles. The highest BCUT2D eigenvalue weighted by Gasteiger charge is 2.10. The van der Waals surface area contributed by atoms with E-state index in [9.17, 15) is 14.7 Å². The van der Waals surface area contributed by atoms with Crippen LogP contribution in [0.25, 0.3) is 0 Å². The fourth-order valence-electron chi connectivity index (χ4n) is 2.24. The normalized spacial score (nSPS) is 9.69. The molecule has 0 spiro atoms. The third kappa shape index (κ3) is 7.31. The van der Waals surface area contributed by atoms with Gasteiger partial charge >= 0.3 is 6.09 Å². The second-order valence-electron chi connectivity index (χ2n) is 5.85. The van der Waals surface area contributed by atoms with Crippen LogP contribution in [0.15, 0.2) is 73.1 Å². The highest BCUT2D eigenvalue weighted by Crippen LogP contribution is 2.18. The van der Waals surface area contributed by atoms with Crippen molar-refractivity contribution in [3.05, 3.63) is 89.7 Å². The number of nitrogens with one attached hydrogen (secondary N) is 2. The number of phenols is 1. The van der Waals surface area contributed by atoms with Gasteiger partial charge in [0.2, 0.25) is 0 Å². The maximum absolute atomic E-state index is 12.0. The summed E-state index contributed by atoms with van der Waals surface area (Å²) in [6.07, 6.45) is 2.23. The Morgan fingerprint density at radius 3 is 2.21 bits per heavy atom. The van der Waals surface area contributed by atoms with Crippen molar-refractivity contribution in [3.8, 4) is 5.75 Å². The molecule has 5 N–H and O–H groups in total. The van der Waals surface area contributed by atoms with Crippen molar-refractivity contribution in [1.29, 1.82) is 0 Å². The smallest absolute Gasteiger partial charge is 0.404 e. The molecular formula is C21H21N3O5. The van der Waals surface area contributed by atoms with Crippen LogP contribution in [0.2, 0.25) is 0 Å². The zero-order valence-corrected chi connectivity index (χ0v) is 15.4. The first-order valence-electron chi connectivity index (χ1n) is 8.64. The molecule has 29 heavy (non-hydrogen) atoms. The van der Waals surface area contributed by atoms with E-state index < -0.39 is 12.0 Å². The quantitative estimate of drug-likeness (QED) is 0.451. The van der Waals surface area contributed by atoms with Crippen LogP contribution in [0.5, 0.6) is 5.75 Å². The average Bonchev–Trinajstić information content (AvgIpc) is 2.74. The Bertz CT molecular complexity index is 931. The third-order valence-corrected chi connectivity index (χ3v) is 3.71. The summed E-state index contributed by atoms with van der Waals surface area (Å²) in [5.41, 5.74) is 2.38. The fourth-order valence-corrected chi connectivity index (χ4v) is 2.24. The lowest BCUT2D eigenvalue weighted by Gasteiger charge is -2.08.